The minimum absolute atomic E-state index is 0.288. The summed E-state index contributed by atoms with van der Waals surface area (Å²) in [4.78, 5) is 0. The van der Waals surface area contributed by atoms with Crippen molar-refractivity contribution in [2.45, 2.75) is 56.9 Å². The Morgan fingerprint density at radius 3 is 2.10 bits per heavy atom. The summed E-state index contributed by atoms with van der Waals surface area (Å²) in [5, 5.41) is 0. The van der Waals surface area contributed by atoms with Gasteiger partial charge in [0.25, 0.3) is 0 Å². The molecule has 2 aliphatic heterocycles. The first-order chi connectivity index (χ1) is 14.0. The summed E-state index contributed by atoms with van der Waals surface area (Å²) < 4.78 is 31.7. The first kappa shape index (κ1) is 21.2. The molecule has 156 valence electrons. The van der Waals surface area contributed by atoms with E-state index in [2.05, 4.69) is 46.9 Å². The van der Waals surface area contributed by atoms with Gasteiger partial charge in [-0.2, -0.15) is 0 Å². The maximum absolute atomic E-state index is 6.39. The Morgan fingerprint density at radius 1 is 0.862 bits per heavy atom. The molecule has 2 fully saturated rings. The van der Waals surface area contributed by atoms with Crippen molar-refractivity contribution in [3.63, 3.8) is 0 Å². The van der Waals surface area contributed by atoms with Crippen molar-refractivity contribution < 1.29 is 23.7 Å². The molecule has 0 aliphatic carbocycles. The highest BCUT2D eigenvalue weighted by Gasteiger charge is 2.62. The van der Waals surface area contributed by atoms with Crippen LogP contribution in [0.1, 0.15) is 25.0 Å². The van der Waals surface area contributed by atoms with Crippen LogP contribution in [0.2, 0.25) is 0 Å². The van der Waals surface area contributed by atoms with E-state index in [1.54, 1.807) is 0 Å². The molecule has 2 aromatic rings. The summed E-state index contributed by atoms with van der Waals surface area (Å²) in [6, 6.07) is 20.3. The molecule has 4 atom stereocenters. The fraction of sp³-hybridized carbons (Fsp3) is 0.478. The Hall–Kier alpha value is -1.03. The lowest BCUT2D eigenvalue weighted by molar-refractivity contribution is -0.248. The minimum atomic E-state index is -0.688. The summed E-state index contributed by atoms with van der Waals surface area (Å²) in [6.07, 6.45) is -1.04. The lowest BCUT2D eigenvalue weighted by atomic mass is 9.98. The van der Waals surface area contributed by atoms with Gasteiger partial charge in [0.2, 0.25) is 0 Å². The summed E-state index contributed by atoms with van der Waals surface area (Å²) >= 11 is 2.34. The van der Waals surface area contributed by atoms with Crippen molar-refractivity contribution in [1.29, 1.82) is 0 Å². The van der Waals surface area contributed by atoms with E-state index in [-0.39, 0.29) is 12.2 Å². The Morgan fingerprint density at radius 2 is 1.48 bits per heavy atom. The summed E-state index contributed by atoms with van der Waals surface area (Å²) in [5.41, 5.74) is 1.61. The normalized spacial score (nSPS) is 30.4. The number of hydrogen-bond donors (Lipinski definition) is 0. The van der Waals surface area contributed by atoms with Gasteiger partial charge in [0.05, 0.1) is 19.8 Å². The molecule has 29 heavy (non-hydrogen) atoms. The molecule has 1 unspecified atom stereocenters. The maximum Gasteiger partial charge on any atom is 0.190 e. The molecule has 0 spiro atoms. The molecule has 5 nitrogen and oxygen atoms in total. The van der Waals surface area contributed by atoms with Crippen molar-refractivity contribution in [1.82, 2.24) is 0 Å². The molecule has 4 rings (SSSR count). The lowest BCUT2D eigenvalue weighted by Crippen LogP contribution is -2.51. The van der Waals surface area contributed by atoms with Crippen LogP contribution in [-0.4, -0.2) is 40.9 Å². The van der Waals surface area contributed by atoms with E-state index in [1.807, 2.05) is 50.2 Å². The van der Waals surface area contributed by atoms with E-state index in [9.17, 15) is 0 Å². The van der Waals surface area contributed by atoms with Crippen LogP contribution in [0.15, 0.2) is 60.7 Å². The van der Waals surface area contributed by atoms with E-state index < -0.39 is 17.7 Å². The number of ether oxygens (including phenoxy) is 5. The van der Waals surface area contributed by atoms with Gasteiger partial charge in [-0.05, 0) is 25.0 Å². The topological polar surface area (TPSA) is 46.2 Å². The molecule has 0 saturated carbocycles. The quantitative estimate of drug-likeness (QED) is 0.388. The number of fused-ring (bicyclic) bond motifs is 1. The van der Waals surface area contributed by atoms with Crippen LogP contribution >= 0.6 is 22.6 Å². The number of benzene rings is 2. The minimum Gasteiger partial charge on any atom is -0.374 e. The third kappa shape index (κ3) is 4.84. The first-order valence-electron chi connectivity index (χ1n) is 9.88. The molecule has 2 aromatic carbocycles. The van der Waals surface area contributed by atoms with Crippen LogP contribution in [-0.2, 0) is 36.9 Å². The van der Waals surface area contributed by atoms with Crippen molar-refractivity contribution >= 4 is 22.6 Å². The second kappa shape index (κ2) is 8.99. The van der Waals surface area contributed by atoms with Gasteiger partial charge >= 0.3 is 0 Å². The summed E-state index contributed by atoms with van der Waals surface area (Å²) in [6.45, 7) is 5.22. The maximum atomic E-state index is 6.39. The molecular weight excluding hydrogens is 483 g/mol. The molecular formula is C23H27IO5. The predicted octanol–water partition coefficient (Wildman–Crippen LogP) is 4.47. The van der Waals surface area contributed by atoms with Crippen LogP contribution in [0, 0.1) is 0 Å². The van der Waals surface area contributed by atoms with Crippen LogP contribution in [0.3, 0.4) is 0 Å². The SMILES string of the molecule is CC1(C)OC2O[C@](CI)(COCc3ccccc3)[C@@H](OCc3ccccc3)[C@H]2O1. The number of hydrogen-bond acceptors (Lipinski definition) is 5. The highest BCUT2D eigenvalue weighted by atomic mass is 127. The molecule has 2 heterocycles. The Kier molecular flexibility index (Phi) is 6.58. The molecule has 0 aromatic heterocycles. The third-order valence-corrected chi connectivity index (χ3v) is 6.50. The fourth-order valence-corrected chi connectivity index (χ4v) is 4.67. The molecule has 2 aliphatic rings. The molecule has 0 amide bonds. The zero-order valence-electron chi connectivity index (χ0n) is 16.8. The summed E-state index contributed by atoms with van der Waals surface area (Å²) in [5.74, 6) is -0.688. The Bertz CT molecular complexity index is 784. The van der Waals surface area contributed by atoms with Crippen molar-refractivity contribution in [3.05, 3.63) is 71.8 Å². The first-order valence-corrected chi connectivity index (χ1v) is 11.4. The molecule has 0 N–H and O–H groups in total. The lowest BCUT2D eigenvalue weighted by Gasteiger charge is -2.35. The smallest absolute Gasteiger partial charge is 0.190 e. The van der Waals surface area contributed by atoms with Crippen LogP contribution in [0.5, 0.6) is 0 Å². The monoisotopic (exact) mass is 510 g/mol. The standard InChI is InChI=1S/C23H27IO5/c1-22(2)27-19-20(26-14-18-11-7-4-8-12-18)23(15-24,29-21(19)28-22)16-25-13-17-9-5-3-6-10-17/h3-12,19-21H,13-16H2,1-2H3/t19-,20+,21?,23-/m1/s1. The number of alkyl halides is 1. The summed E-state index contributed by atoms with van der Waals surface area (Å²) in [7, 11) is 0. The number of halogens is 1. The predicted molar refractivity (Wildman–Crippen MR) is 118 cm³/mol. The van der Waals surface area contributed by atoms with Crippen molar-refractivity contribution in [2.24, 2.45) is 0 Å². The third-order valence-electron chi connectivity index (χ3n) is 5.21. The van der Waals surface area contributed by atoms with E-state index in [1.165, 1.54) is 0 Å². The van der Waals surface area contributed by atoms with Crippen molar-refractivity contribution in [3.8, 4) is 0 Å². The average molecular weight is 510 g/mol. The molecule has 6 heteroatoms. The van der Waals surface area contributed by atoms with E-state index in [4.69, 9.17) is 23.7 Å². The molecule has 0 radical (unpaired) electrons. The van der Waals surface area contributed by atoms with Gasteiger partial charge in [-0.25, -0.2) is 0 Å². The van der Waals surface area contributed by atoms with Crippen LogP contribution in [0.25, 0.3) is 0 Å². The average Bonchev–Trinajstić information content (AvgIpc) is 3.17. The Labute approximate surface area is 185 Å². The van der Waals surface area contributed by atoms with Gasteiger partial charge in [-0.3, -0.25) is 0 Å². The van der Waals surface area contributed by atoms with Gasteiger partial charge in [0.1, 0.15) is 17.8 Å². The Balaban J connectivity index is 1.48. The fourth-order valence-electron chi connectivity index (χ4n) is 3.84. The van der Waals surface area contributed by atoms with Gasteiger partial charge in [0, 0.05) is 4.43 Å². The van der Waals surface area contributed by atoms with Crippen molar-refractivity contribution in [2.75, 3.05) is 11.0 Å². The van der Waals surface area contributed by atoms with Gasteiger partial charge < -0.3 is 23.7 Å². The molecule has 2 saturated heterocycles. The van der Waals surface area contributed by atoms with E-state index in [0.717, 1.165) is 11.1 Å². The van der Waals surface area contributed by atoms with Gasteiger partial charge in [0.15, 0.2) is 12.1 Å². The van der Waals surface area contributed by atoms with Gasteiger partial charge in [-0.1, -0.05) is 83.3 Å². The number of rotatable bonds is 8. The highest BCUT2D eigenvalue weighted by molar-refractivity contribution is 14.1. The van der Waals surface area contributed by atoms with Crippen LogP contribution < -0.4 is 0 Å². The second-order valence-corrected chi connectivity index (χ2v) is 8.74. The van der Waals surface area contributed by atoms with E-state index >= 15 is 0 Å². The molecule has 0 bridgehead atoms. The largest absolute Gasteiger partial charge is 0.374 e. The van der Waals surface area contributed by atoms with Crippen LogP contribution in [0.4, 0.5) is 0 Å². The zero-order chi connectivity index (χ0) is 20.3. The van der Waals surface area contributed by atoms with Gasteiger partial charge in [-0.15, -0.1) is 0 Å². The highest BCUT2D eigenvalue weighted by Crippen LogP contribution is 2.45. The zero-order valence-corrected chi connectivity index (χ0v) is 18.9. The second-order valence-electron chi connectivity index (χ2n) is 7.98. The van der Waals surface area contributed by atoms with E-state index in [0.29, 0.717) is 24.2 Å².